The highest BCUT2D eigenvalue weighted by molar-refractivity contribution is 7.11. The van der Waals surface area contributed by atoms with Gasteiger partial charge >= 0.3 is 0 Å². The van der Waals surface area contributed by atoms with Crippen LogP contribution in [0.4, 0.5) is 10.8 Å². The summed E-state index contributed by atoms with van der Waals surface area (Å²) in [4.78, 5) is 2.56. The zero-order valence-corrected chi connectivity index (χ0v) is 12.6. The highest BCUT2D eigenvalue weighted by Gasteiger charge is 2.15. The second kappa shape index (κ2) is 6.96. The van der Waals surface area contributed by atoms with Crippen LogP contribution in [0.15, 0.2) is 0 Å². The maximum absolute atomic E-state index is 5.73. The number of nitrogens with zero attached hydrogens (tertiary/aromatic N) is 2. The summed E-state index contributed by atoms with van der Waals surface area (Å²) in [6, 6.07) is 0. The molecule has 108 valence electrons. The summed E-state index contributed by atoms with van der Waals surface area (Å²) in [5.41, 5.74) is 5.73. The van der Waals surface area contributed by atoms with E-state index >= 15 is 0 Å². The van der Waals surface area contributed by atoms with E-state index in [1.54, 1.807) is 7.11 Å². The van der Waals surface area contributed by atoms with Gasteiger partial charge in [0.2, 0.25) is 0 Å². The van der Waals surface area contributed by atoms with Crippen LogP contribution >= 0.6 is 11.5 Å². The van der Waals surface area contributed by atoms with Crippen molar-refractivity contribution >= 4 is 22.4 Å². The first-order chi connectivity index (χ1) is 9.20. The molecule has 0 bridgehead atoms. The lowest BCUT2D eigenvalue weighted by atomic mass is 10.1. The lowest BCUT2D eigenvalue weighted by molar-refractivity contribution is 0.204. The van der Waals surface area contributed by atoms with Crippen LogP contribution in [-0.2, 0) is 0 Å². The largest absolute Gasteiger partial charge is 0.490 e. The van der Waals surface area contributed by atoms with E-state index in [1.807, 2.05) is 0 Å². The predicted octanol–water partition coefficient (Wildman–Crippen LogP) is 2.27. The Kier molecular flexibility index (Phi) is 5.27. The van der Waals surface area contributed by atoms with Gasteiger partial charge in [-0.05, 0) is 43.4 Å². The first kappa shape index (κ1) is 14.4. The van der Waals surface area contributed by atoms with E-state index in [2.05, 4.69) is 21.5 Å². The van der Waals surface area contributed by atoms with Gasteiger partial charge in [-0.15, -0.1) is 0 Å². The Morgan fingerprint density at radius 3 is 2.84 bits per heavy atom. The van der Waals surface area contributed by atoms with Gasteiger partial charge in [-0.2, -0.15) is 4.37 Å². The number of methoxy groups -OCH3 is 1. The third-order valence-electron chi connectivity index (χ3n) is 3.51. The summed E-state index contributed by atoms with van der Waals surface area (Å²) in [7, 11) is 1.63. The summed E-state index contributed by atoms with van der Waals surface area (Å²) >= 11 is 1.36. The highest BCUT2D eigenvalue weighted by atomic mass is 32.1. The molecule has 1 fully saturated rings. The molecule has 0 aromatic carbocycles. The Bertz CT molecular complexity index is 390. The monoisotopic (exact) mass is 284 g/mol. The van der Waals surface area contributed by atoms with Crippen LogP contribution in [0.1, 0.15) is 26.2 Å². The first-order valence-electron chi connectivity index (χ1n) is 6.96. The van der Waals surface area contributed by atoms with Crippen LogP contribution in [0.2, 0.25) is 0 Å². The fourth-order valence-electron chi connectivity index (χ4n) is 2.52. The van der Waals surface area contributed by atoms with Crippen molar-refractivity contribution in [2.75, 3.05) is 44.3 Å². The van der Waals surface area contributed by atoms with Gasteiger partial charge in [0.05, 0.1) is 7.11 Å². The van der Waals surface area contributed by atoms with E-state index in [-0.39, 0.29) is 0 Å². The average molecular weight is 284 g/mol. The van der Waals surface area contributed by atoms with Crippen molar-refractivity contribution in [2.24, 2.45) is 5.92 Å². The quantitative estimate of drug-likeness (QED) is 0.839. The Morgan fingerprint density at radius 2 is 2.16 bits per heavy atom. The van der Waals surface area contributed by atoms with Gasteiger partial charge in [0, 0.05) is 13.1 Å². The molecule has 6 heteroatoms. The second-order valence-corrected chi connectivity index (χ2v) is 6.05. The molecule has 0 saturated carbocycles. The zero-order chi connectivity index (χ0) is 13.7. The minimum absolute atomic E-state index is 0.471. The van der Waals surface area contributed by atoms with Gasteiger partial charge < -0.3 is 20.7 Å². The Labute approximate surface area is 119 Å². The van der Waals surface area contributed by atoms with Gasteiger partial charge in [0.25, 0.3) is 0 Å². The van der Waals surface area contributed by atoms with Crippen LogP contribution < -0.4 is 15.8 Å². The topological polar surface area (TPSA) is 63.4 Å². The molecule has 3 N–H and O–H groups in total. The summed E-state index contributed by atoms with van der Waals surface area (Å²) < 4.78 is 9.35. The molecule has 1 saturated heterocycles. The normalized spacial score (nSPS) is 18.2. The standard InChI is InChI=1S/C13H24N4OS/c1-10(9-17-6-4-3-5-7-17)8-15-13-11(18-2)12(14)16-19-13/h10,15H,3-9H2,1-2H3,(H2,14,16). The molecule has 1 atom stereocenters. The minimum atomic E-state index is 0.471. The summed E-state index contributed by atoms with van der Waals surface area (Å²) in [5, 5.41) is 4.33. The van der Waals surface area contributed by atoms with Crippen LogP contribution in [-0.4, -0.2) is 42.6 Å². The van der Waals surface area contributed by atoms with Gasteiger partial charge in [-0.25, -0.2) is 0 Å². The van der Waals surface area contributed by atoms with Crippen molar-refractivity contribution in [3.05, 3.63) is 0 Å². The fraction of sp³-hybridized carbons (Fsp3) is 0.769. The number of hydrogen-bond donors (Lipinski definition) is 2. The number of anilines is 2. The van der Waals surface area contributed by atoms with E-state index < -0.39 is 0 Å². The number of aromatic nitrogens is 1. The molecule has 19 heavy (non-hydrogen) atoms. The molecule has 1 unspecified atom stereocenters. The second-order valence-electron chi connectivity index (χ2n) is 5.28. The highest BCUT2D eigenvalue weighted by Crippen LogP contribution is 2.34. The molecule has 1 aromatic heterocycles. The molecular weight excluding hydrogens is 260 g/mol. The van der Waals surface area contributed by atoms with Crippen LogP contribution in [0.5, 0.6) is 5.75 Å². The molecular formula is C13H24N4OS. The maximum Gasteiger partial charge on any atom is 0.197 e. The van der Waals surface area contributed by atoms with Crippen molar-refractivity contribution in [3.8, 4) is 5.75 Å². The Morgan fingerprint density at radius 1 is 1.42 bits per heavy atom. The van der Waals surface area contributed by atoms with Gasteiger partial charge in [-0.3, -0.25) is 0 Å². The number of nitrogens with one attached hydrogen (secondary N) is 1. The van der Waals surface area contributed by atoms with Gasteiger partial charge in [0.15, 0.2) is 16.6 Å². The van der Waals surface area contributed by atoms with Crippen LogP contribution in [0.3, 0.4) is 0 Å². The Balaban J connectivity index is 1.77. The van der Waals surface area contributed by atoms with Crippen molar-refractivity contribution in [1.82, 2.24) is 9.27 Å². The third kappa shape index (κ3) is 3.98. The fourth-order valence-corrected chi connectivity index (χ4v) is 3.21. The van der Waals surface area contributed by atoms with Crippen LogP contribution in [0.25, 0.3) is 0 Å². The number of rotatable bonds is 6. The molecule has 0 aliphatic carbocycles. The number of ether oxygens (including phenoxy) is 1. The van der Waals surface area contributed by atoms with Crippen molar-refractivity contribution < 1.29 is 4.74 Å². The molecule has 1 aromatic rings. The average Bonchev–Trinajstić information content (AvgIpc) is 2.78. The van der Waals surface area contributed by atoms with Gasteiger partial charge in [-0.1, -0.05) is 13.3 Å². The molecule has 2 rings (SSSR count). The third-order valence-corrected chi connectivity index (χ3v) is 4.31. The van der Waals surface area contributed by atoms with E-state index in [0.29, 0.717) is 17.5 Å². The van der Waals surface area contributed by atoms with Crippen molar-refractivity contribution in [2.45, 2.75) is 26.2 Å². The number of nitrogen functional groups attached to an aromatic ring is 1. The number of piperidine rings is 1. The maximum atomic E-state index is 5.73. The number of hydrogen-bond acceptors (Lipinski definition) is 6. The summed E-state index contributed by atoms with van der Waals surface area (Å²) in [5.74, 6) is 1.75. The SMILES string of the molecule is COc1c(N)nsc1NCC(C)CN1CCCCC1. The zero-order valence-electron chi connectivity index (χ0n) is 11.8. The molecule has 0 amide bonds. The van der Waals surface area contributed by atoms with Crippen molar-refractivity contribution in [3.63, 3.8) is 0 Å². The summed E-state index contributed by atoms with van der Waals surface area (Å²) in [6.45, 7) is 6.86. The summed E-state index contributed by atoms with van der Waals surface area (Å²) in [6.07, 6.45) is 4.08. The van der Waals surface area contributed by atoms with Crippen LogP contribution in [0, 0.1) is 5.92 Å². The molecule has 1 aliphatic heterocycles. The Hall–Kier alpha value is -1.01. The predicted molar refractivity (Wildman–Crippen MR) is 81.0 cm³/mol. The lowest BCUT2D eigenvalue weighted by Crippen LogP contribution is -2.35. The number of likely N-dealkylation sites (tertiary alicyclic amines) is 1. The van der Waals surface area contributed by atoms with E-state index in [1.165, 1.54) is 43.9 Å². The smallest absolute Gasteiger partial charge is 0.197 e. The van der Waals surface area contributed by atoms with E-state index in [4.69, 9.17) is 10.5 Å². The molecule has 2 heterocycles. The molecule has 1 aliphatic rings. The van der Waals surface area contributed by atoms with E-state index in [9.17, 15) is 0 Å². The lowest BCUT2D eigenvalue weighted by Gasteiger charge is -2.29. The van der Waals surface area contributed by atoms with Crippen molar-refractivity contribution in [1.29, 1.82) is 0 Å². The molecule has 5 nitrogen and oxygen atoms in total. The van der Waals surface area contributed by atoms with Gasteiger partial charge in [0.1, 0.15) is 0 Å². The molecule has 0 radical (unpaired) electrons. The van der Waals surface area contributed by atoms with E-state index in [0.717, 1.165) is 18.1 Å². The number of nitrogens with two attached hydrogens (primary N) is 1. The first-order valence-corrected chi connectivity index (χ1v) is 7.73. The minimum Gasteiger partial charge on any atom is -0.490 e. The molecule has 0 spiro atoms.